The van der Waals surface area contributed by atoms with Crippen LogP contribution in [0.1, 0.15) is 43.1 Å². The van der Waals surface area contributed by atoms with E-state index in [2.05, 4.69) is 23.3 Å². The van der Waals surface area contributed by atoms with E-state index >= 15 is 0 Å². The summed E-state index contributed by atoms with van der Waals surface area (Å²) >= 11 is 0. The van der Waals surface area contributed by atoms with Gasteiger partial charge in [-0.1, -0.05) is 5.21 Å². The topological polar surface area (TPSA) is 73.0 Å². The molecule has 2 rings (SSSR count). The lowest BCUT2D eigenvalue weighted by Crippen LogP contribution is -2.16. The summed E-state index contributed by atoms with van der Waals surface area (Å²) in [6, 6.07) is 2.38. The van der Waals surface area contributed by atoms with E-state index in [9.17, 15) is 0 Å². The first kappa shape index (κ1) is 14.0. The molecule has 1 aliphatic rings. The van der Waals surface area contributed by atoms with Gasteiger partial charge >= 0.3 is 0 Å². The Morgan fingerprint density at radius 2 is 2.47 bits per heavy atom. The summed E-state index contributed by atoms with van der Waals surface area (Å²) in [5.41, 5.74) is 1.87. The van der Waals surface area contributed by atoms with Gasteiger partial charge in [0.2, 0.25) is 0 Å². The van der Waals surface area contributed by atoms with Crippen molar-refractivity contribution >= 4 is 0 Å². The van der Waals surface area contributed by atoms with Crippen molar-refractivity contribution in [1.29, 1.82) is 5.26 Å². The second kappa shape index (κ2) is 6.64. The summed E-state index contributed by atoms with van der Waals surface area (Å²) in [5.74, 6) is 0.309. The number of hydrogen-bond acceptors (Lipinski definition) is 5. The smallest absolute Gasteiger partial charge is 0.100 e. The summed E-state index contributed by atoms with van der Waals surface area (Å²) in [4.78, 5) is 0. The molecule has 0 spiro atoms. The Kier molecular flexibility index (Phi) is 4.88. The predicted octanol–water partition coefficient (Wildman–Crippen LogP) is 1.45. The van der Waals surface area contributed by atoms with Gasteiger partial charge < -0.3 is 9.47 Å². The fraction of sp³-hybridized carbons (Fsp3) is 0.769. The van der Waals surface area contributed by atoms with E-state index in [0.717, 1.165) is 30.8 Å². The molecule has 6 heteroatoms. The molecule has 2 heterocycles. The highest BCUT2D eigenvalue weighted by Gasteiger charge is 2.27. The van der Waals surface area contributed by atoms with Crippen LogP contribution in [0.15, 0.2) is 0 Å². The van der Waals surface area contributed by atoms with Crippen LogP contribution in [0, 0.1) is 11.3 Å². The van der Waals surface area contributed by atoms with Crippen LogP contribution in [0.3, 0.4) is 0 Å². The molecule has 0 aliphatic carbocycles. The summed E-state index contributed by atoms with van der Waals surface area (Å²) in [6.07, 6.45) is 2.16. The third-order valence-corrected chi connectivity index (χ3v) is 3.52. The van der Waals surface area contributed by atoms with Gasteiger partial charge in [-0.3, -0.25) is 0 Å². The molecule has 6 nitrogen and oxygen atoms in total. The van der Waals surface area contributed by atoms with Gasteiger partial charge in [0.25, 0.3) is 0 Å². The average molecular weight is 264 g/mol. The molecule has 1 aliphatic heterocycles. The fourth-order valence-corrected chi connectivity index (χ4v) is 2.44. The lowest BCUT2D eigenvalue weighted by atomic mass is 10.0. The quantitative estimate of drug-likeness (QED) is 0.777. The SMILES string of the molecule is COCCC(C)n1nnc(CC#N)c1C1CCOC1. The minimum atomic E-state index is 0.218. The van der Waals surface area contributed by atoms with Crippen LogP contribution in [-0.4, -0.2) is 41.9 Å². The predicted molar refractivity (Wildman–Crippen MR) is 68.7 cm³/mol. The van der Waals surface area contributed by atoms with Crippen molar-refractivity contribution in [3.8, 4) is 6.07 Å². The molecular formula is C13H20N4O2. The van der Waals surface area contributed by atoms with Gasteiger partial charge in [0.1, 0.15) is 5.69 Å². The van der Waals surface area contributed by atoms with Gasteiger partial charge in [0, 0.05) is 26.2 Å². The highest BCUT2D eigenvalue weighted by Crippen LogP contribution is 2.29. The van der Waals surface area contributed by atoms with Gasteiger partial charge in [-0.15, -0.1) is 5.10 Å². The van der Waals surface area contributed by atoms with Crippen LogP contribution in [0.5, 0.6) is 0 Å². The lowest BCUT2D eigenvalue weighted by molar-refractivity contribution is 0.176. The van der Waals surface area contributed by atoms with E-state index in [0.29, 0.717) is 25.6 Å². The standard InChI is InChI=1S/C13H20N4O2/c1-10(4-7-18-2)17-13(11-5-8-19-9-11)12(3-6-14)15-16-17/h10-11H,3-5,7-9H2,1-2H3. The average Bonchev–Trinajstić information content (AvgIpc) is 3.04. The maximum absolute atomic E-state index is 8.90. The molecule has 2 unspecified atom stereocenters. The van der Waals surface area contributed by atoms with E-state index in [4.69, 9.17) is 14.7 Å². The molecular weight excluding hydrogens is 244 g/mol. The summed E-state index contributed by atoms with van der Waals surface area (Å²) in [7, 11) is 1.70. The largest absolute Gasteiger partial charge is 0.385 e. The third kappa shape index (κ3) is 3.11. The molecule has 0 N–H and O–H groups in total. The van der Waals surface area contributed by atoms with E-state index in [1.54, 1.807) is 7.11 Å². The van der Waals surface area contributed by atoms with Crippen LogP contribution in [-0.2, 0) is 15.9 Å². The first-order valence-corrected chi connectivity index (χ1v) is 6.65. The number of aromatic nitrogens is 3. The molecule has 19 heavy (non-hydrogen) atoms. The second-order valence-electron chi connectivity index (χ2n) is 4.89. The number of methoxy groups -OCH3 is 1. The van der Waals surface area contributed by atoms with E-state index < -0.39 is 0 Å². The fourth-order valence-electron chi connectivity index (χ4n) is 2.44. The zero-order valence-electron chi connectivity index (χ0n) is 11.5. The van der Waals surface area contributed by atoms with E-state index in [1.807, 2.05) is 4.68 Å². The normalized spacial score (nSPS) is 20.4. The van der Waals surface area contributed by atoms with Crippen molar-refractivity contribution in [3.63, 3.8) is 0 Å². The van der Waals surface area contributed by atoms with Crippen molar-refractivity contribution in [3.05, 3.63) is 11.4 Å². The Balaban J connectivity index is 2.24. The van der Waals surface area contributed by atoms with Gasteiger partial charge in [0.05, 0.1) is 30.8 Å². The van der Waals surface area contributed by atoms with E-state index in [-0.39, 0.29) is 6.04 Å². The maximum atomic E-state index is 8.90. The van der Waals surface area contributed by atoms with Crippen molar-refractivity contribution in [2.75, 3.05) is 26.9 Å². The highest BCUT2D eigenvalue weighted by atomic mass is 16.5. The minimum Gasteiger partial charge on any atom is -0.385 e. The molecule has 104 valence electrons. The Morgan fingerprint density at radius 1 is 1.63 bits per heavy atom. The number of hydrogen-bond donors (Lipinski definition) is 0. The molecule has 0 amide bonds. The summed E-state index contributed by atoms with van der Waals surface area (Å²) in [5, 5.41) is 17.3. The zero-order valence-corrected chi connectivity index (χ0v) is 11.5. The maximum Gasteiger partial charge on any atom is 0.100 e. The first-order chi connectivity index (χ1) is 9.27. The van der Waals surface area contributed by atoms with Crippen molar-refractivity contribution in [1.82, 2.24) is 15.0 Å². The van der Waals surface area contributed by atoms with Gasteiger partial charge in [-0.05, 0) is 19.8 Å². The molecule has 0 saturated carbocycles. The van der Waals surface area contributed by atoms with Crippen molar-refractivity contribution in [2.45, 2.75) is 38.1 Å². The molecule has 0 bridgehead atoms. The summed E-state index contributed by atoms with van der Waals surface area (Å²) < 4.78 is 12.5. The number of nitrogens with zero attached hydrogens (tertiary/aromatic N) is 4. The number of ether oxygens (including phenoxy) is 2. The lowest BCUT2D eigenvalue weighted by Gasteiger charge is -2.17. The Labute approximate surface area is 113 Å². The van der Waals surface area contributed by atoms with Gasteiger partial charge in [-0.2, -0.15) is 5.26 Å². The number of nitriles is 1. The van der Waals surface area contributed by atoms with Crippen LogP contribution >= 0.6 is 0 Å². The van der Waals surface area contributed by atoms with Gasteiger partial charge in [-0.25, -0.2) is 4.68 Å². The third-order valence-electron chi connectivity index (χ3n) is 3.52. The molecule has 1 aromatic heterocycles. The molecule has 1 saturated heterocycles. The summed E-state index contributed by atoms with van der Waals surface area (Å²) in [6.45, 7) is 4.26. The highest BCUT2D eigenvalue weighted by molar-refractivity contribution is 5.20. The van der Waals surface area contributed by atoms with Crippen LogP contribution < -0.4 is 0 Å². The Morgan fingerprint density at radius 3 is 3.11 bits per heavy atom. The van der Waals surface area contributed by atoms with Crippen LogP contribution in [0.4, 0.5) is 0 Å². The molecule has 1 aromatic rings. The number of rotatable bonds is 6. The van der Waals surface area contributed by atoms with Crippen LogP contribution in [0.2, 0.25) is 0 Å². The van der Waals surface area contributed by atoms with E-state index in [1.165, 1.54) is 0 Å². The van der Waals surface area contributed by atoms with Gasteiger partial charge in [0.15, 0.2) is 0 Å². The molecule has 0 aromatic carbocycles. The minimum absolute atomic E-state index is 0.218. The Hall–Kier alpha value is -1.45. The Bertz CT molecular complexity index is 446. The first-order valence-electron chi connectivity index (χ1n) is 6.65. The zero-order chi connectivity index (χ0) is 13.7. The second-order valence-corrected chi connectivity index (χ2v) is 4.89. The van der Waals surface area contributed by atoms with Crippen molar-refractivity contribution in [2.24, 2.45) is 0 Å². The van der Waals surface area contributed by atoms with Crippen molar-refractivity contribution < 1.29 is 9.47 Å². The molecule has 0 radical (unpaired) electrons. The molecule has 2 atom stereocenters. The van der Waals surface area contributed by atoms with Crippen LogP contribution in [0.25, 0.3) is 0 Å². The monoisotopic (exact) mass is 264 g/mol. The molecule has 1 fully saturated rings.